The Labute approximate surface area is 213 Å². The van der Waals surface area contributed by atoms with Crippen LogP contribution in [0.25, 0.3) is 11.1 Å². The van der Waals surface area contributed by atoms with E-state index >= 15 is 0 Å². The molecule has 2 aromatic carbocycles. The molecule has 2 heterocycles. The Morgan fingerprint density at radius 2 is 1.68 bits per heavy atom. The molecule has 196 valence electrons. The number of alkyl halides is 3. The maximum absolute atomic E-state index is 14.4. The quantitative estimate of drug-likeness (QED) is 0.522. The fraction of sp³-hybridized carbons (Fsp3) is 0.308. The van der Waals surface area contributed by atoms with Crippen LogP contribution in [0.15, 0.2) is 65.7 Å². The molecule has 11 heteroatoms. The van der Waals surface area contributed by atoms with E-state index in [0.717, 1.165) is 6.07 Å². The molecule has 1 fully saturated rings. The zero-order chi connectivity index (χ0) is 27.0. The number of benzene rings is 2. The second-order valence-corrected chi connectivity index (χ2v) is 10.7. The minimum atomic E-state index is -4.95. The Hall–Kier alpha value is -3.44. The van der Waals surface area contributed by atoms with Gasteiger partial charge in [0.2, 0.25) is 10.0 Å². The summed E-state index contributed by atoms with van der Waals surface area (Å²) in [4.78, 5) is 19.7. The molecule has 0 saturated carbocycles. The van der Waals surface area contributed by atoms with Gasteiger partial charge in [0.1, 0.15) is 5.82 Å². The van der Waals surface area contributed by atoms with Crippen molar-refractivity contribution in [2.75, 3.05) is 32.1 Å². The van der Waals surface area contributed by atoms with Gasteiger partial charge in [0.05, 0.1) is 16.0 Å². The zero-order valence-electron chi connectivity index (χ0n) is 20.4. The predicted molar refractivity (Wildman–Crippen MR) is 135 cm³/mol. The van der Waals surface area contributed by atoms with Crippen LogP contribution in [0.5, 0.6) is 0 Å². The molecule has 3 aromatic rings. The van der Waals surface area contributed by atoms with Gasteiger partial charge in [-0.05, 0) is 53.6 Å². The SMILES string of the molecule is CN(C)c1ccc(C(=O)N2CCC(c3c(-c4ccccc4)ccc(S(N)(=O)=O)c3C(F)(F)F)CC2)cn1. The number of carbonyl (C=O) groups is 1. The fourth-order valence-corrected chi connectivity index (χ4v) is 5.52. The summed E-state index contributed by atoms with van der Waals surface area (Å²) in [6, 6.07) is 14.2. The maximum atomic E-state index is 14.4. The summed E-state index contributed by atoms with van der Waals surface area (Å²) >= 11 is 0. The van der Waals surface area contributed by atoms with E-state index in [9.17, 15) is 26.4 Å². The van der Waals surface area contributed by atoms with Crippen LogP contribution in [0.3, 0.4) is 0 Å². The van der Waals surface area contributed by atoms with E-state index < -0.39 is 32.6 Å². The van der Waals surface area contributed by atoms with Crippen LogP contribution in [0.1, 0.15) is 40.2 Å². The van der Waals surface area contributed by atoms with Crippen molar-refractivity contribution in [3.8, 4) is 11.1 Å². The van der Waals surface area contributed by atoms with E-state index in [2.05, 4.69) is 4.98 Å². The first-order chi connectivity index (χ1) is 17.4. The number of piperidine rings is 1. The van der Waals surface area contributed by atoms with E-state index in [1.807, 2.05) is 14.1 Å². The molecule has 37 heavy (non-hydrogen) atoms. The molecular weight excluding hydrogens is 505 g/mol. The van der Waals surface area contributed by atoms with Gasteiger partial charge >= 0.3 is 6.18 Å². The van der Waals surface area contributed by atoms with Gasteiger partial charge in [-0.3, -0.25) is 4.79 Å². The lowest BCUT2D eigenvalue weighted by Crippen LogP contribution is -2.38. The van der Waals surface area contributed by atoms with Crippen molar-refractivity contribution in [3.63, 3.8) is 0 Å². The molecule has 7 nitrogen and oxygen atoms in total. The number of pyridine rings is 1. The third-order valence-corrected chi connectivity index (χ3v) is 7.48. The molecule has 4 rings (SSSR count). The lowest BCUT2D eigenvalue weighted by molar-refractivity contribution is -0.140. The van der Waals surface area contributed by atoms with Gasteiger partial charge in [0.25, 0.3) is 5.91 Å². The Morgan fingerprint density at radius 1 is 1.03 bits per heavy atom. The predicted octanol–water partition coefficient (Wildman–Crippen LogP) is 4.50. The number of nitrogens with zero attached hydrogens (tertiary/aromatic N) is 3. The number of aromatic nitrogens is 1. The molecule has 1 aliphatic rings. The summed E-state index contributed by atoms with van der Waals surface area (Å²) in [5.41, 5.74) is -0.108. The number of primary sulfonamides is 1. The largest absolute Gasteiger partial charge is 0.418 e. The van der Waals surface area contributed by atoms with Crippen molar-refractivity contribution >= 4 is 21.7 Å². The first-order valence-corrected chi connectivity index (χ1v) is 13.2. The molecule has 0 atom stereocenters. The summed E-state index contributed by atoms with van der Waals surface area (Å²) in [7, 11) is -0.978. The van der Waals surface area contributed by atoms with Gasteiger partial charge in [-0.15, -0.1) is 0 Å². The van der Waals surface area contributed by atoms with Crippen molar-refractivity contribution in [2.45, 2.75) is 29.8 Å². The van der Waals surface area contributed by atoms with Crippen molar-refractivity contribution < 1.29 is 26.4 Å². The summed E-state index contributed by atoms with van der Waals surface area (Å²) in [6.45, 7) is 0.425. The number of nitrogens with two attached hydrogens (primary N) is 1. The van der Waals surface area contributed by atoms with Gasteiger partial charge in [-0.1, -0.05) is 36.4 Å². The van der Waals surface area contributed by atoms with Crippen LogP contribution < -0.4 is 10.0 Å². The minimum Gasteiger partial charge on any atom is -0.363 e. The highest BCUT2D eigenvalue weighted by atomic mass is 32.2. The maximum Gasteiger partial charge on any atom is 0.418 e. The van der Waals surface area contributed by atoms with E-state index in [1.165, 1.54) is 12.3 Å². The van der Waals surface area contributed by atoms with Crippen molar-refractivity contribution in [1.29, 1.82) is 0 Å². The molecule has 0 aliphatic carbocycles. The third-order valence-electron chi connectivity index (χ3n) is 6.53. The van der Waals surface area contributed by atoms with E-state index in [0.29, 0.717) is 22.5 Å². The number of amides is 1. The lowest BCUT2D eigenvalue weighted by Gasteiger charge is -2.34. The molecule has 2 N–H and O–H groups in total. The van der Waals surface area contributed by atoms with E-state index in [1.54, 1.807) is 52.3 Å². The highest BCUT2D eigenvalue weighted by molar-refractivity contribution is 7.89. The Morgan fingerprint density at radius 3 is 2.19 bits per heavy atom. The monoisotopic (exact) mass is 532 g/mol. The number of likely N-dealkylation sites (tertiary alicyclic amines) is 1. The van der Waals surface area contributed by atoms with Crippen molar-refractivity contribution in [2.24, 2.45) is 5.14 Å². The van der Waals surface area contributed by atoms with Gasteiger partial charge in [0.15, 0.2) is 0 Å². The van der Waals surface area contributed by atoms with Crippen LogP contribution in [-0.2, 0) is 16.2 Å². The molecule has 0 unspecified atom stereocenters. The number of sulfonamides is 1. The average molecular weight is 533 g/mol. The Bertz CT molecular complexity index is 1390. The first kappa shape index (κ1) is 26.6. The van der Waals surface area contributed by atoms with Crippen LogP contribution in [0.2, 0.25) is 0 Å². The van der Waals surface area contributed by atoms with Crippen LogP contribution in [0, 0.1) is 0 Å². The van der Waals surface area contributed by atoms with Gasteiger partial charge in [-0.2, -0.15) is 13.2 Å². The van der Waals surface area contributed by atoms with Crippen LogP contribution in [-0.4, -0.2) is 51.4 Å². The summed E-state index contributed by atoms with van der Waals surface area (Å²) in [5.74, 6) is -0.196. The molecule has 0 bridgehead atoms. The lowest BCUT2D eigenvalue weighted by atomic mass is 9.81. The summed E-state index contributed by atoms with van der Waals surface area (Å²) in [6.07, 6.45) is -3.01. The normalized spacial score (nSPS) is 15.0. The van der Waals surface area contributed by atoms with Crippen LogP contribution in [0.4, 0.5) is 19.0 Å². The molecule has 1 amide bonds. The van der Waals surface area contributed by atoms with Gasteiger partial charge in [-0.25, -0.2) is 18.5 Å². The van der Waals surface area contributed by atoms with E-state index in [4.69, 9.17) is 5.14 Å². The van der Waals surface area contributed by atoms with Gasteiger partial charge < -0.3 is 9.80 Å². The molecular formula is C26H27F3N4O3S. The first-order valence-electron chi connectivity index (χ1n) is 11.6. The zero-order valence-corrected chi connectivity index (χ0v) is 21.2. The standard InChI is InChI=1S/C26H27F3N4O3S/c1-32(2)22-11-8-19(16-31-22)25(34)33-14-12-18(13-15-33)23-20(17-6-4-3-5-7-17)9-10-21(37(30,35)36)24(23)26(27,28)29/h3-11,16,18H,12-15H2,1-2H3,(H2,30,35,36). The molecule has 1 saturated heterocycles. The topological polar surface area (TPSA) is 96.6 Å². The molecule has 0 spiro atoms. The summed E-state index contributed by atoms with van der Waals surface area (Å²) < 4.78 is 67.6. The molecule has 1 aliphatic heterocycles. The average Bonchev–Trinajstić information content (AvgIpc) is 2.87. The molecule has 0 radical (unpaired) electrons. The number of hydrogen-bond donors (Lipinski definition) is 1. The third kappa shape index (κ3) is 5.62. The highest BCUT2D eigenvalue weighted by Gasteiger charge is 2.42. The number of hydrogen-bond acceptors (Lipinski definition) is 5. The number of rotatable bonds is 5. The van der Waals surface area contributed by atoms with Crippen molar-refractivity contribution in [1.82, 2.24) is 9.88 Å². The Kier molecular flexibility index (Phi) is 7.29. The number of carbonyl (C=O) groups excluding carboxylic acids is 1. The highest BCUT2D eigenvalue weighted by Crippen LogP contribution is 2.46. The van der Waals surface area contributed by atoms with Gasteiger partial charge in [0, 0.05) is 33.4 Å². The Balaban J connectivity index is 1.71. The second-order valence-electron chi connectivity index (χ2n) is 9.17. The summed E-state index contributed by atoms with van der Waals surface area (Å²) in [5, 5.41) is 5.21. The molecule has 1 aromatic heterocycles. The number of halogens is 3. The van der Waals surface area contributed by atoms with Crippen molar-refractivity contribution in [3.05, 3.63) is 77.5 Å². The fourth-order valence-electron chi connectivity index (χ4n) is 4.75. The number of anilines is 1. The van der Waals surface area contributed by atoms with E-state index in [-0.39, 0.29) is 37.4 Å². The second kappa shape index (κ2) is 10.1. The minimum absolute atomic E-state index is 0.102. The van der Waals surface area contributed by atoms with Crippen LogP contribution >= 0.6 is 0 Å². The smallest absolute Gasteiger partial charge is 0.363 e.